The molecule has 1 amide bonds. The smallest absolute Gasteiger partial charge is 0.410 e. The van der Waals surface area contributed by atoms with Gasteiger partial charge in [-0.2, -0.15) is 8.42 Å². The number of carbonyl (C=O) groups excluding carboxylic acids is 1. The largest absolute Gasteiger partial charge is 0.445 e. The van der Waals surface area contributed by atoms with Gasteiger partial charge in [-0.05, 0) is 40.8 Å². The van der Waals surface area contributed by atoms with E-state index in [9.17, 15) is 23.3 Å². The third kappa shape index (κ3) is 7.29. The van der Waals surface area contributed by atoms with Crippen LogP contribution >= 0.6 is 11.8 Å². The first kappa shape index (κ1) is 31.2. The second-order valence-corrected chi connectivity index (χ2v) is 13.7. The number of thioether (sulfide) groups is 1. The number of hydrogen-bond donors (Lipinski definition) is 0. The number of rotatable bonds is 11. The maximum atomic E-state index is 13.4. The van der Waals surface area contributed by atoms with Crippen molar-refractivity contribution in [2.45, 2.75) is 29.1 Å². The van der Waals surface area contributed by atoms with E-state index in [1.54, 1.807) is 11.8 Å². The average Bonchev–Trinajstić information content (AvgIpc) is 3.45. The van der Waals surface area contributed by atoms with Crippen LogP contribution in [-0.4, -0.2) is 55.0 Å². The van der Waals surface area contributed by atoms with Gasteiger partial charge in [-0.15, -0.1) is 11.8 Å². The molecule has 2 atom stereocenters. The molecule has 0 radical (unpaired) electrons. The molecular formula is C33H32N2O7S2. The Balaban J connectivity index is 1.45. The Morgan fingerprint density at radius 3 is 1.84 bits per heavy atom. The highest BCUT2D eigenvalue weighted by Gasteiger charge is 2.45. The van der Waals surface area contributed by atoms with Crippen LogP contribution in [0.1, 0.15) is 28.7 Å². The highest BCUT2D eigenvalue weighted by atomic mass is 32.2. The fourth-order valence-corrected chi connectivity index (χ4v) is 7.73. The van der Waals surface area contributed by atoms with Crippen LogP contribution in [0.2, 0.25) is 0 Å². The van der Waals surface area contributed by atoms with Crippen molar-refractivity contribution in [1.82, 2.24) is 4.90 Å². The maximum absolute atomic E-state index is 13.4. The summed E-state index contributed by atoms with van der Waals surface area (Å²) < 4.78 is 34.0. The number of hydrogen-bond acceptors (Lipinski definition) is 8. The van der Waals surface area contributed by atoms with Crippen LogP contribution in [0.15, 0.2) is 115 Å². The molecule has 0 bridgehead atoms. The summed E-state index contributed by atoms with van der Waals surface area (Å²) in [6.45, 7) is 0.0140. The molecule has 0 aliphatic carbocycles. The molecule has 4 aromatic carbocycles. The third-order valence-corrected chi connectivity index (χ3v) is 9.78. The minimum atomic E-state index is -3.75. The number of likely N-dealkylation sites (tertiary alicyclic amines) is 1. The lowest BCUT2D eigenvalue weighted by atomic mass is 9.84. The highest BCUT2D eigenvalue weighted by Crippen LogP contribution is 2.52. The molecular weight excluding hydrogens is 601 g/mol. The second kappa shape index (κ2) is 13.6. The van der Waals surface area contributed by atoms with Crippen LogP contribution in [0.5, 0.6) is 0 Å². The highest BCUT2D eigenvalue weighted by molar-refractivity contribution is 8.01. The van der Waals surface area contributed by atoms with Gasteiger partial charge in [-0.3, -0.25) is 14.3 Å². The monoisotopic (exact) mass is 632 g/mol. The second-order valence-electron chi connectivity index (χ2n) is 10.5. The van der Waals surface area contributed by atoms with E-state index in [2.05, 4.69) is 36.4 Å². The molecule has 0 spiro atoms. The molecule has 1 heterocycles. The Morgan fingerprint density at radius 2 is 1.39 bits per heavy atom. The van der Waals surface area contributed by atoms with Crippen molar-refractivity contribution in [2.24, 2.45) is 0 Å². The Hall–Kier alpha value is -4.19. The molecule has 44 heavy (non-hydrogen) atoms. The third-order valence-electron chi connectivity index (χ3n) is 7.48. The van der Waals surface area contributed by atoms with E-state index in [0.717, 1.165) is 22.9 Å². The number of nitrogens with zero attached hydrogens (tertiary/aromatic N) is 2. The summed E-state index contributed by atoms with van der Waals surface area (Å²) in [6.07, 6.45) is 0.843. The van der Waals surface area contributed by atoms with Crippen molar-refractivity contribution >= 4 is 33.7 Å². The number of ether oxygens (including phenoxy) is 1. The lowest BCUT2D eigenvalue weighted by molar-refractivity contribution is -0.384. The van der Waals surface area contributed by atoms with Gasteiger partial charge in [0.2, 0.25) is 0 Å². The van der Waals surface area contributed by atoms with E-state index >= 15 is 0 Å². The lowest BCUT2D eigenvalue weighted by Crippen LogP contribution is -2.39. The topological polar surface area (TPSA) is 116 Å². The molecule has 0 saturated carbocycles. The molecule has 0 aromatic heterocycles. The van der Waals surface area contributed by atoms with E-state index in [1.807, 2.05) is 54.6 Å². The molecule has 1 aliphatic rings. The molecule has 228 valence electrons. The summed E-state index contributed by atoms with van der Waals surface area (Å²) in [5.41, 5.74) is 3.76. The normalized spacial score (nSPS) is 16.9. The summed E-state index contributed by atoms with van der Waals surface area (Å²) in [5, 5.41) is 10.9. The van der Waals surface area contributed by atoms with Crippen LogP contribution in [0, 0.1) is 10.1 Å². The lowest BCUT2D eigenvalue weighted by Gasteiger charge is -2.37. The first-order valence-electron chi connectivity index (χ1n) is 14.0. The van der Waals surface area contributed by atoms with Gasteiger partial charge in [-0.25, -0.2) is 4.79 Å². The van der Waals surface area contributed by atoms with Gasteiger partial charge < -0.3 is 9.64 Å². The number of benzene rings is 4. The number of carbonyl (C=O) groups is 1. The van der Waals surface area contributed by atoms with E-state index in [0.29, 0.717) is 18.5 Å². The van der Waals surface area contributed by atoms with Gasteiger partial charge in [-0.1, -0.05) is 91.0 Å². The first-order chi connectivity index (χ1) is 21.2. The molecule has 1 fully saturated rings. The number of nitro groups is 1. The van der Waals surface area contributed by atoms with Gasteiger partial charge >= 0.3 is 6.09 Å². The SMILES string of the molecule is CS(=O)(=O)OC[C@@H]1C[C@H](SC(c2ccccc2)(c2ccccc2)c2ccccc2)CN1C(=O)OCc1ccc([N+](=O)[O-])cc1. The summed E-state index contributed by atoms with van der Waals surface area (Å²) >= 11 is 1.72. The first-order valence-corrected chi connectivity index (χ1v) is 16.7. The fourth-order valence-electron chi connectivity index (χ4n) is 5.46. The fraction of sp³-hybridized carbons (Fsp3) is 0.242. The Morgan fingerprint density at radius 1 is 0.886 bits per heavy atom. The van der Waals surface area contributed by atoms with Crippen LogP contribution in [-0.2, 0) is 30.4 Å². The van der Waals surface area contributed by atoms with E-state index < -0.39 is 31.9 Å². The van der Waals surface area contributed by atoms with Gasteiger partial charge in [0.05, 0.1) is 28.6 Å². The molecule has 9 nitrogen and oxygen atoms in total. The zero-order valence-corrected chi connectivity index (χ0v) is 25.7. The summed E-state index contributed by atoms with van der Waals surface area (Å²) in [5.74, 6) is 0. The standard InChI is InChI=1S/C33H32N2O7S2/c1-44(39,40)42-24-30-21-31(22-34(30)32(36)41-23-25-17-19-29(20-18-25)35(37)38)43-33(26-11-5-2-6-12-26,27-13-7-3-8-14-27)28-15-9-4-10-16-28/h2-20,30-31H,21-24H2,1H3/t30-,31-/m0/s1. The summed E-state index contributed by atoms with van der Waals surface area (Å²) in [4.78, 5) is 25.4. The zero-order chi connectivity index (χ0) is 31.2. The van der Waals surface area contributed by atoms with Crippen molar-refractivity contribution in [2.75, 3.05) is 19.4 Å². The Bertz CT molecular complexity index is 1570. The number of amides is 1. The van der Waals surface area contributed by atoms with E-state index in [-0.39, 0.29) is 24.2 Å². The molecule has 1 saturated heterocycles. The maximum Gasteiger partial charge on any atom is 0.410 e. The number of non-ortho nitro benzene ring substituents is 1. The van der Waals surface area contributed by atoms with Gasteiger partial charge in [0.1, 0.15) is 6.61 Å². The predicted molar refractivity (Wildman–Crippen MR) is 170 cm³/mol. The summed E-state index contributed by atoms with van der Waals surface area (Å²) in [7, 11) is -3.75. The van der Waals surface area contributed by atoms with Crippen molar-refractivity contribution in [1.29, 1.82) is 0 Å². The quantitative estimate of drug-likeness (QED) is 0.0810. The zero-order valence-electron chi connectivity index (χ0n) is 24.0. The Labute approximate surface area is 261 Å². The Kier molecular flexibility index (Phi) is 9.68. The minimum Gasteiger partial charge on any atom is -0.445 e. The van der Waals surface area contributed by atoms with Crippen molar-refractivity contribution < 1.29 is 27.1 Å². The molecule has 1 aliphatic heterocycles. The van der Waals surface area contributed by atoms with Crippen LogP contribution in [0.25, 0.3) is 0 Å². The van der Waals surface area contributed by atoms with Crippen molar-refractivity contribution in [3.05, 3.63) is 148 Å². The average molecular weight is 633 g/mol. The van der Waals surface area contributed by atoms with Crippen molar-refractivity contribution in [3.63, 3.8) is 0 Å². The van der Waals surface area contributed by atoms with E-state index in [4.69, 9.17) is 8.92 Å². The van der Waals surface area contributed by atoms with Gasteiger partial charge in [0.15, 0.2) is 0 Å². The van der Waals surface area contributed by atoms with Crippen LogP contribution in [0.3, 0.4) is 0 Å². The van der Waals surface area contributed by atoms with Gasteiger partial charge in [0.25, 0.3) is 15.8 Å². The van der Waals surface area contributed by atoms with Crippen molar-refractivity contribution in [3.8, 4) is 0 Å². The van der Waals surface area contributed by atoms with Crippen LogP contribution < -0.4 is 0 Å². The molecule has 5 rings (SSSR count). The number of nitro benzene ring substituents is 1. The predicted octanol–water partition coefficient (Wildman–Crippen LogP) is 6.38. The minimum absolute atomic E-state index is 0.0591. The summed E-state index contributed by atoms with van der Waals surface area (Å²) in [6, 6.07) is 35.8. The molecule has 0 N–H and O–H groups in total. The van der Waals surface area contributed by atoms with Gasteiger partial charge in [0, 0.05) is 23.9 Å². The molecule has 4 aromatic rings. The molecule has 11 heteroatoms. The molecule has 0 unspecified atom stereocenters. The van der Waals surface area contributed by atoms with Crippen LogP contribution in [0.4, 0.5) is 10.5 Å². The van der Waals surface area contributed by atoms with E-state index in [1.165, 1.54) is 29.2 Å².